The molecule has 0 saturated carbocycles. The molecule has 12 aromatic rings. The fraction of sp³-hybridized carbons (Fsp3) is 0.0976. The van der Waals surface area contributed by atoms with E-state index in [0.717, 1.165) is 158 Å². The van der Waals surface area contributed by atoms with Crippen LogP contribution in [0.1, 0.15) is 44.5 Å². The first-order chi connectivity index (χ1) is 46.6. The van der Waals surface area contributed by atoms with Crippen molar-refractivity contribution in [3.8, 4) is 68.2 Å². The van der Waals surface area contributed by atoms with Crippen molar-refractivity contribution in [2.45, 2.75) is 0 Å². The van der Waals surface area contributed by atoms with Gasteiger partial charge < -0.3 is 47.7 Å². The van der Waals surface area contributed by atoms with Gasteiger partial charge in [-0.05, 0) is 177 Å². The molecule has 0 bridgehead atoms. The molecule has 0 N–H and O–H groups in total. The van der Waals surface area contributed by atoms with Gasteiger partial charge in [-0.2, -0.15) is 8.75 Å². The maximum atomic E-state index is 5.53. The molecule has 12 nitrogen and oxygen atoms in total. The van der Waals surface area contributed by atoms with Crippen LogP contribution in [-0.2, 0) is 0 Å². The van der Waals surface area contributed by atoms with Crippen molar-refractivity contribution in [3.63, 3.8) is 0 Å². The molecule has 0 radical (unpaired) electrons. The number of aromatic nitrogens is 2. The Kier molecular flexibility index (Phi) is 19.8. The van der Waals surface area contributed by atoms with Crippen molar-refractivity contribution in [2.24, 2.45) is 0 Å². The Labute approximate surface area is 559 Å². The van der Waals surface area contributed by atoms with Crippen molar-refractivity contribution in [2.75, 3.05) is 66.7 Å². The van der Waals surface area contributed by atoms with Crippen LogP contribution < -0.4 is 47.7 Å². The molecule has 1 aromatic heterocycles. The first-order valence-electron chi connectivity index (χ1n) is 30.7. The number of benzene rings is 11. The molecule has 0 aliphatic heterocycles. The van der Waals surface area contributed by atoms with E-state index in [1.54, 1.807) is 56.9 Å². The van der Waals surface area contributed by atoms with E-state index in [1.807, 2.05) is 72.8 Å². The molecule has 0 unspecified atom stereocenters. The number of rotatable bonds is 24. The fourth-order valence-corrected chi connectivity index (χ4v) is 11.8. The Morgan fingerprint density at radius 2 is 0.421 bits per heavy atom. The molecule has 0 atom stereocenters. The Morgan fingerprint density at radius 3 is 0.621 bits per heavy atom. The lowest BCUT2D eigenvalue weighted by atomic mass is 9.97. The number of nitrogens with zero attached hydrogens (tertiary/aromatic N) is 4. The van der Waals surface area contributed by atoms with E-state index >= 15 is 0 Å². The summed E-state index contributed by atoms with van der Waals surface area (Å²) in [5.41, 5.74) is 19.7. The van der Waals surface area contributed by atoms with Crippen LogP contribution in [0.15, 0.2) is 231 Å². The van der Waals surface area contributed by atoms with E-state index in [4.69, 9.17) is 46.6 Å². The summed E-state index contributed by atoms with van der Waals surface area (Å²) in [5, 5.41) is 0. The van der Waals surface area contributed by atoms with Crippen LogP contribution in [0.25, 0.3) is 81.9 Å². The third kappa shape index (κ3) is 15.1. The van der Waals surface area contributed by atoms with E-state index in [9.17, 15) is 0 Å². The summed E-state index contributed by atoms with van der Waals surface area (Å²) >= 11 is 1.22. The summed E-state index contributed by atoms with van der Waals surface area (Å²) in [6, 6.07) is 79.2. The summed E-state index contributed by atoms with van der Waals surface area (Å²) in [5.74, 6) is 5.84. The summed E-state index contributed by atoms with van der Waals surface area (Å²) < 4.78 is 54.1. The molecule has 0 saturated heterocycles. The summed E-state index contributed by atoms with van der Waals surface area (Å²) in [6.45, 7) is 0. The van der Waals surface area contributed by atoms with Gasteiger partial charge in [0.1, 0.15) is 57.0 Å². The smallest absolute Gasteiger partial charge is 0.123 e. The zero-order valence-electron chi connectivity index (χ0n) is 54.0. The van der Waals surface area contributed by atoms with E-state index in [0.29, 0.717) is 0 Å². The van der Waals surface area contributed by atoms with E-state index < -0.39 is 0 Å². The average molecular weight is 1270 g/mol. The third-order valence-electron chi connectivity index (χ3n) is 16.3. The number of methoxy groups -OCH3 is 8. The molecule has 0 aliphatic rings. The maximum absolute atomic E-state index is 5.53. The maximum Gasteiger partial charge on any atom is 0.123 e. The number of anilines is 6. The number of hydrogen-bond acceptors (Lipinski definition) is 13. The SMILES string of the molecule is COc1cc(/C=C/c2ccc(N(c3ccc(/C=C/c4cc(OC)cc(OC)c4)cc3)c3ccc(-c4ccc(-c5ccc(N(c6ccc(/C=C/c7cc(OC)cc(OC)c7)cc6)c6ccc(/C=C/c7cc(OC)cc(OC)c7)cc6)cc5)c5nsnc45)cc3)cc2)cc(OC)c1. The van der Waals surface area contributed by atoms with Crippen molar-refractivity contribution >= 4 is 105 Å². The lowest BCUT2D eigenvalue weighted by Gasteiger charge is -2.26. The molecular weight excluding hydrogens is 1200 g/mol. The Hall–Kier alpha value is -11.8. The minimum Gasteiger partial charge on any atom is -0.497 e. The van der Waals surface area contributed by atoms with Gasteiger partial charge in [0.25, 0.3) is 0 Å². The van der Waals surface area contributed by atoms with Gasteiger partial charge in [0.05, 0.1) is 68.6 Å². The highest BCUT2D eigenvalue weighted by Gasteiger charge is 2.19. The molecule has 472 valence electrons. The monoisotopic (exact) mass is 1270 g/mol. The molecule has 13 heteroatoms. The predicted molar refractivity (Wildman–Crippen MR) is 392 cm³/mol. The van der Waals surface area contributed by atoms with Crippen molar-refractivity contribution in [1.29, 1.82) is 0 Å². The summed E-state index contributed by atoms with van der Waals surface area (Å²) in [7, 11) is 13.3. The van der Waals surface area contributed by atoms with Crippen LogP contribution in [-0.4, -0.2) is 65.6 Å². The molecule has 0 spiro atoms. The Bertz CT molecular complexity index is 4130. The first kappa shape index (κ1) is 63.4. The number of hydrogen-bond donors (Lipinski definition) is 0. The van der Waals surface area contributed by atoms with Crippen LogP contribution >= 0.6 is 11.7 Å². The van der Waals surface area contributed by atoms with Gasteiger partial charge in [-0.1, -0.05) is 134 Å². The second kappa shape index (κ2) is 29.7. The lowest BCUT2D eigenvalue weighted by molar-refractivity contribution is 0.394. The normalized spacial score (nSPS) is 11.4. The van der Waals surface area contributed by atoms with Crippen LogP contribution in [0.3, 0.4) is 0 Å². The van der Waals surface area contributed by atoms with Gasteiger partial charge in [0.2, 0.25) is 0 Å². The van der Waals surface area contributed by atoms with Gasteiger partial charge in [0, 0.05) is 69.5 Å². The summed E-state index contributed by atoms with van der Waals surface area (Å²) in [6.07, 6.45) is 16.6. The first-order valence-corrected chi connectivity index (χ1v) is 31.4. The minimum atomic E-state index is 0.730. The van der Waals surface area contributed by atoms with Gasteiger partial charge in [0.15, 0.2) is 0 Å². The van der Waals surface area contributed by atoms with Gasteiger partial charge in [-0.15, -0.1) is 0 Å². The predicted octanol–water partition coefficient (Wildman–Crippen LogP) is 20.7. The van der Waals surface area contributed by atoms with Crippen LogP contribution in [0.5, 0.6) is 46.0 Å². The second-order valence-electron chi connectivity index (χ2n) is 22.2. The molecule has 0 amide bonds. The van der Waals surface area contributed by atoms with Gasteiger partial charge >= 0.3 is 0 Å². The zero-order valence-corrected chi connectivity index (χ0v) is 54.8. The molecule has 95 heavy (non-hydrogen) atoms. The van der Waals surface area contributed by atoms with E-state index in [2.05, 4.69) is 216 Å². The van der Waals surface area contributed by atoms with Crippen LogP contribution in [0.4, 0.5) is 34.1 Å². The quantitative estimate of drug-likeness (QED) is 0.0538. The fourth-order valence-electron chi connectivity index (χ4n) is 11.2. The second-order valence-corrected chi connectivity index (χ2v) is 22.7. The molecule has 1 heterocycles. The third-order valence-corrected chi connectivity index (χ3v) is 16.8. The molecule has 11 aromatic carbocycles. The lowest BCUT2D eigenvalue weighted by Crippen LogP contribution is -2.09. The van der Waals surface area contributed by atoms with Crippen LogP contribution in [0.2, 0.25) is 0 Å². The highest BCUT2D eigenvalue weighted by atomic mass is 32.1. The molecule has 0 fully saturated rings. The Balaban J connectivity index is 0.829. The zero-order chi connectivity index (χ0) is 65.6. The average Bonchev–Trinajstić information content (AvgIpc) is 1.78. The summed E-state index contributed by atoms with van der Waals surface area (Å²) in [4.78, 5) is 4.54. The largest absolute Gasteiger partial charge is 0.497 e. The molecule has 12 rings (SSSR count). The highest BCUT2D eigenvalue weighted by molar-refractivity contribution is 7.00. The topological polar surface area (TPSA) is 106 Å². The standard InChI is InChI=1S/C82H70N4O8S/c1-87-71-43-59(44-72(51-71)88-2)13-9-55-17-29-65(30-18-55)85(66-31-19-56(20-32-66)10-14-60-45-73(89-3)52-74(46-60)90-4)69-37-25-63(26-38-69)79-41-42-80(82-81(79)83-95-84-82)64-27-39-70(40-28-64)86(67-33-21-57(22-34-67)11-15-61-47-75(91-5)53-76(48-61)92-6)68-35-23-58(24-36-68)12-16-62-49-77(93-7)54-78(50-62)94-8/h9-54H,1-8H3/b13-9+,14-10+,15-11+,16-12+. The minimum absolute atomic E-state index is 0.730. The number of ether oxygens (including phenoxy) is 8. The molecular formula is C82H70N4O8S. The van der Waals surface area contributed by atoms with Crippen molar-refractivity contribution in [1.82, 2.24) is 8.75 Å². The molecule has 0 aliphatic carbocycles. The van der Waals surface area contributed by atoms with Crippen LogP contribution in [0, 0.1) is 0 Å². The van der Waals surface area contributed by atoms with Gasteiger partial charge in [-0.25, -0.2) is 0 Å². The number of fused-ring (bicyclic) bond motifs is 1. The highest BCUT2D eigenvalue weighted by Crippen LogP contribution is 2.42. The van der Waals surface area contributed by atoms with E-state index in [1.165, 1.54) is 11.7 Å². The van der Waals surface area contributed by atoms with Crippen molar-refractivity contribution < 1.29 is 37.9 Å². The van der Waals surface area contributed by atoms with Gasteiger partial charge in [-0.3, -0.25) is 0 Å². The van der Waals surface area contributed by atoms with Crippen molar-refractivity contribution in [3.05, 3.63) is 275 Å². The van der Waals surface area contributed by atoms with E-state index in [-0.39, 0.29) is 0 Å². The Morgan fingerprint density at radius 1 is 0.232 bits per heavy atom.